The molecule has 0 aromatic rings. The highest BCUT2D eigenvalue weighted by molar-refractivity contribution is 5.85. The molecule has 1 unspecified atom stereocenters. The molecule has 0 bridgehead atoms. The fourth-order valence-corrected chi connectivity index (χ4v) is 2.18. The summed E-state index contributed by atoms with van der Waals surface area (Å²) in [6, 6.07) is 0.0628. The Balaban J connectivity index is 1.87. The maximum absolute atomic E-state index is 12.1. The lowest BCUT2D eigenvalue weighted by molar-refractivity contribution is -0.135. The van der Waals surface area contributed by atoms with Gasteiger partial charge in [0, 0.05) is 19.0 Å². The average molecular weight is 254 g/mol. The number of hydrogen-bond acceptors (Lipinski definition) is 4. The highest BCUT2D eigenvalue weighted by Gasteiger charge is 2.33. The molecular formula is C13H22N2O3. The summed E-state index contributed by atoms with van der Waals surface area (Å²) in [4.78, 5) is 25.7. The molecule has 18 heavy (non-hydrogen) atoms. The first-order chi connectivity index (χ1) is 8.70. The van der Waals surface area contributed by atoms with Gasteiger partial charge < -0.3 is 10.1 Å². The molecule has 1 atom stereocenters. The maximum atomic E-state index is 12.1. The standard InChI is InChI=1S/C13H22N2O3/c1-2-3-11(16)8-15-6-7-18-9-12(15)13(17)14-10-4-5-10/h10,12H,2-9H2,1H3,(H,14,17). The van der Waals surface area contributed by atoms with Crippen molar-refractivity contribution in [3.63, 3.8) is 0 Å². The maximum Gasteiger partial charge on any atom is 0.239 e. The number of amides is 1. The van der Waals surface area contributed by atoms with Crippen LogP contribution in [0.2, 0.25) is 0 Å². The zero-order chi connectivity index (χ0) is 13.0. The lowest BCUT2D eigenvalue weighted by Gasteiger charge is -2.34. The molecule has 0 aromatic carbocycles. The van der Waals surface area contributed by atoms with Gasteiger partial charge in [-0.15, -0.1) is 0 Å². The monoisotopic (exact) mass is 254 g/mol. The van der Waals surface area contributed by atoms with E-state index >= 15 is 0 Å². The second kappa shape index (κ2) is 6.29. The lowest BCUT2D eigenvalue weighted by atomic mass is 10.1. The zero-order valence-corrected chi connectivity index (χ0v) is 11.0. The van der Waals surface area contributed by atoms with Gasteiger partial charge in [0.2, 0.25) is 5.91 Å². The molecule has 1 saturated heterocycles. The van der Waals surface area contributed by atoms with Crippen LogP contribution >= 0.6 is 0 Å². The Morgan fingerprint density at radius 1 is 1.39 bits per heavy atom. The van der Waals surface area contributed by atoms with Crippen LogP contribution in [0, 0.1) is 0 Å². The Morgan fingerprint density at radius 2 is 2.17 bits per heavy atom. The summed E-state index contributed by atoms with van der Waals surface area (Å²) < 4.78 is 5.36. The Bertz CT molecular complexity index is 315. The first-order valence-corrected chi connectivity index (χ1v) is 6.84. The van der Waals surface area contributed by atoms with E-state index in [-0.39, 0.29) is 17.7 Å². The lowest BCUT2D eigenvalue weighted by Crippen LogP contribution is -2.55. The first kappa shape index (κ1) is 13.5. The number of carbonyl (C=O) groups excluding carboxylic acids is 2. The van der Waals surface area contributed by atoms with Crippen LogP contribution in [0.1, 0.15) is 32.6 Å². The molecule has 0 radical (unpaired) electrons. The predicted molar refractivity (Wildman–Crippen MR) is 67.3 cm³/mol. The Kier molecular flexibility index (Phi) is 4.72. The second-order valence-electron chi connectivity index (χ2n) is 5.13. The number of ether oxygens (including phenoxy) is 1. The van der Waals surface area contributed by atoms with Gasteiger partial charge in [-0.1, -0.05) is 6.92 Å². The van der Waals surface area contributed by atoms with Crippen molar-refractivity contribution in [1.29, 1.82) is 0 Å². The van der Waals surface area contributed by atoms with Crippen LogP contribution in [0.3, 0.4) is 0 Å². The third-order valence-electron chi connectivity index (χ3n) is 3.37. The van der Waals surface area contributed by atoms with Crippen LogP contribution in [0.15, 0.2) is 0 Å². The SMILES string of the molecule is CCCC(=O)CN1CCOCC1C(=O)NC1CC1. The minimum absolute atomic E-state index is 0.0153. The smallest absolute Gasteiger partial charge is 0.239 e. The minimum atomic E-state index is -0.292. The van der Waals surface area contributed by atoms with Crippen LogP contribution in [0.25, 0.3) is 0 Å². The zero-order valence-electron chi connectivity index (χ0n) is 11.0. The van der Waals surface area contributed by atoms with Crippen molar-refractivity contribution in [2.24, 2.45) is 0 Å². The van der Waals surface area contributed by atoms with Crippen molar-refractivity contribution in [2.75, 3.05) is 26.3 Å². The number of nitrogens with zero attached hydrogens (tertiary/aromatic N) is 1. The normalized spacial score (nSPS) is 24.8. The largest absolute Gasteiger partial charge is 0.378 e. The molecule has 0 spiro atoms. The van der Waals surface area contributed by atoms with Crippen LogP contribution in [0.5, 0.6) is 0 Å². The van der Waals surface area contributed by atoms with Crippen LogP contribution in [-0.2, 0) is 14.3 Å². The van der Waals surface area contributed by atoms with E-state index in [0.717, 1.165) is 19.3 Å². The summed E-state index contributed by atoms with van der Waals surface area (Å²) in [5, 5.41) is 2.99. The minimum Gasteiger partial charge on any atom is -0.378 e. The van der Waals surface area contributed by atoms with Gasteiger partial charge in [-0.3, -0.25) is 14.5 Å². The van der Waals surface area contributed by atoms with Crippen LogP contribution < -0.4 is 5.32 Å². The molecule has 2 rings (SSSR count). The topological polar surface area (TPSA) is 58.6 Å². The third-order valence-corrected chi connectivity index (χ3v) is 3.37. The molecule has 1 N–H and O–H groups in total. The van der Waals surface area contributed by atoms with E-state index in [4.69, 9.17) is 4.74 Å². The molecular weight excluding hydrogens is 232 g/mol. The molecule has 102 valence electrons. The van der Waals surface area contributed by atoms with Crippen molar-refractivity contribution in [1.82, 2.24) is 10.2 Å². The van der Waals surface area contributed by atoms with E-state index in [1.165, 1.54) is 0 Å². The Labute approximate surface area is 108 Å². The number of rotatable bonds is 6. The first-order valence-electron chi connectivity index (χ1n) is 6.84. The molecule has 2 aliphatic rings. The van der Waals surface area contributed by atoms with Gasteiger partial charge in [-0.05, 0) is 19.3 Å². The van der Waals surface area contributed by atoms with Crippen LogP contribution in [-0.4, -0.2) is 55.0 Å². The summed E-state index contributed by atoms with van der Waals surface area (Å²) in [6.45, 7) is 4.04. The van der Waals surface area contributed by atoms with Crippen LogP contribution in [0.4, 0.5) is 0 Å². The highest BCUT2D eigenvalue weighted by atomic mass is 16.5. The summed E-state index contributed by atoms with van der Waals surface area (Å²) in [5.74, 6) is 0.227. The highest BCUT2D eigenvalue weighted by Crippen LogP contribution is 2.19. The van der Waals surface area contributed by atoms with E-state index < -0.39 is 0 Å². The number of hydrogen-bond donors (Lipinski definition) is 1. The van der Waals surface area contributed by atoms with Gasteiger partial charge in [0.15, 0.2) is 0 Å². The van der Waals surface area contributed by atoms with Gasteiger partial charge in [0.1, 0.15) is 11.8 Å². The summed E-state index contributed by atoms with van der Waals surface area (Å²) >= 11 is 0. The number of Topliss-reactive ketones (excluding diaryl/α,β-unsaturated/α-hetero) is 1. The molecule has 1 aliphatic carbocycles. The third kappa shape index (κ3) is 3.78. The fraction of sp³-hybridized carbons (Fsp3) is 0.846. The number of carbonyl (C=O) groups is 2. The number of morpholine rings is 1. The van der Waals surface area contributed by atoms with Crippen molar-refractivity contribution < 1.29 is 14.3 Å². The van der Waals surface area contributed by atoms with E-state index in [1.54, 1.807) is 0 Å². The molecule has 5 heteroatoms. The molecule has 1 saturated carbocycles. The molecule has 1 amide bonds. The van der Waals surface area contributed by atoms with E-state index in [2.05, 4.69) is 5.32 Å². The number of ketones is 1. The summed E-state index contributed by atoms with van der Waals surface area (Å²) in [6.07, 6.45) is 3.61. The molecule has 1 heterocycles. The van der Waals surface area contributed by atoms with Gasteiger partial charge in [0.05, 0.1) is 19.8 Å². The fourth-order valence-electron chi connectivity index (χ4n) is 2.18. The quantitative estimate of drug-likeness (QED) is 0.742. The summed E-state index contributed by atoms with van der Waals surface area (Å²) in [7, 11) is 0. The van der Waals surface area contributed by atoms with Crippen molar-refractivity contribution in [3.8, 4) is 0 Å². The molecule has 0 aromatic heterocycles. The average Bonchev–Trinajstić information content (AvgIpc) is 3.14. The van der Waals surface area contributed by atoms with E-state index in [0.29, 0.717) is 38.8 Å². The molecule has 2 fully saturated rings. The second-order valence-corrected chi connectivity index (χ2v) is 5.13. The Morgan fingerprint density at radius 3 is 2.83 bits per heavy atom. The Hall–Kier alpha value is -0.940. The van der Waals surface area contributed by atoms with Gasteiger partial charge in [-0.25, -0.2) is 0 Å². The van der Waals surface area contributed by atoms with Crippen molar-refractivity contribution in [3.05, 3.63) is 0 Å². The van der Waals surface area contributed by atoms with Gasteiger partial charge >= 0.3 is 0 Å². The van der Waals surface area contributed by atoms with E-state index in [9.17, 15) is 9.59 Å². The number of nitrogens with one attached hydrogen (secondary N) is 1. The van der Waals surface area contributed by atoms with Crippen molar-refractivity contribution in [2.45, 2.75) is 44.7 Å². The molecule has 5 nitrogen and oxygen atoms in total. The summed E-state index contributed by atoms with van der Waals surface area (Å²) in [5.41, 5.74) is 0. The van der Waals surface area contributed by atoms with Gasteiger partial charge in [-0.2, -0.15) is 0 Å². The van der Waals surface area contributed by atoms with Crippen molar-refractivity contribution >= 4 is 11.7 Å². The predicted octanol–water partition coefficient (Wildman–Crippen LogP) is 0.335. The van der Waals surface area contributed by atoms with E-state index in [1.807, 2.05) is 11.8 Å². The molecule has 1 aliphatic heterocycles. The van der Waals surface area contributed by atoms with Gasteiger partial charge in [0.25, 0.3) is 0 Å².